The molecule has 1 saturated heterocycles. The maximum absolute atomic E-state index is 5.90. The first kappa shape index (κ1) is 14.6. The summed E-state index contributed by atoms with van der Waals surface area (Å²) in [6.07, 6.45) is 1.14. The van der Waals surface area contributed by atoms with Crippen molar-refractivity contribution in [3.8, 4) is 11.3 Å². The number of aromatic nitrogens is 1. The Morgan fingerprint density at radius 2 is 2.14 bits per heavy atom. The molecule has 2 N–H and O–H groups in total. The summed E-state index contributed by atoms with van der Waals surface area (Å²) >= 11 is 5.90. The van der Waals surface area contributed by atoms with Crippen molar-refractivity contribution in [2.75, 3.05) is 19.6 Å². The van der Waals surface area contributed by atoms with Crippen molar-refractivity contribution in [2.45, 2.75) is 19.9 Å². The van der Waals surface area contributed by atoms with Gasteiger partial charge in [0.25, 0.3) is 0 Å². The quantitative estimate of drug-likeness (QED) is 0.942. The lowest BCUT2D eigenvalue weighted by Gasteiger charge is -2.21. The molecule has 3 rings (SSSR count). The summed E-state index contributed by atoms with van der Waals surface area (Å²) in [7, 11) is 0. The molecular formula is C16H20ClN3O. The van der Waals surface area contributed by atoms with Gasteiger partial charge in [-0.3, -0.25) is 4.90 Å². The summed E-state index contributed by atoms with van der Waals surface area (Å²) < 4.78 is 5.46. The lowest BCUT2D eigenvalue weighted by atomic mass is 9.90. The molecule has 1 aromatic carbocycles. The Morgan fingerprint density at radius 3 is 2.81 bits per heavy atom. The summed E-state index contributed by atoms with van der Waals surface area (Å²) in [5.74, 6) is 0.890. The van der Waals surface area contributed by atoms with Gasteiger partial charge in [-0.05, 0) is 37.1 Å². The highest BCUT2D eigenvalue weighted by Crippen LogP contribution is 2.30. The zero-order valence-electron chi connectivity index (χ0n) is 12.2. The normalized spacial score (nSPS) is 22.8. The van der Waals surface area contributed by atoms with E-state index in [4.69, 9.17) is 21.9 Å². The predicted molar refractivity (Wildman–Crippen MR) is 84.0 cm³/mol. The molecule has 0 bridgehead atoms. The molecule has 112 valence electrons. The number of nitrogens with two attached hydrogens (primary N) is 1. The fourth-order valence-corrected chi connectivity index (χ4v) is 2.92. The maximum Gasteiger partial charge on any atom is 0.151 e. The topological polar surface area (TPSA) is 55.3 Å². The minimum Gasteiger partial charge on any atom is -0.359 e. The third kappa shape index (κ3) is 3.28. The van der Waals surface area contributed by atoms with Gasteiger partial charge in [-0.25, -0.2) is 0 Å². The molecule has 21 heavy (non-hydrogen) atoms. The average molecular weight is 306 g/mol. The fraction of sp³-hybridized carbons (Fsp3) is 0.438. The Labute approximate surface area is 129 Å². The predicted octanol–water partition coefficient (Wildman–Crippen LogP) is 3.17. The molecule has 2 aromatic rings. The third-order valence-corrected chi connectivity index (χ3v) is 4.46. The van der Waals surface area contributed by atoms with Gasteiger partial charge in [0.15, 0.2) is 5.76 Å². The second kappa shape index (κ2) is 5.79. The van der Waals surface area contributed by atoms with Gasteiger partial charge in [-0.1, -0.05) is 35.8 Å². The highest BCUT2D eigenvalue weighted by molar-refractivity contribution is 6.30. The van der Waals surface area contributed by atoms with Crippen LogP contribution in [0.2, 0.25) is 5.02 Å². The van der Waals surface area contributed by atoms with Gasteiger partial charge in [0.05, 0.1) is 6.54 Å². The van der Waals surface area contributed by atoms with Crippen LogP contribution in [0.15, 0.2) is 34.9 Å². The molecule has 1 aromatic heterocycles. The number of nitrogens with zero attached hydrogens (tertiary/aromatic N) is 2. The number of halogens is 1. The molecule has 0 saturated carbocycles. The van der Waals surface area contributed by atoms with Gasteiger partial charge < -0.3 is 10.3 Å². The van der Waals surface area contributed by atoms with E-state index in [9.17, 15) is 0 Å². The summed E-state index contributed by atoms with van der Waals surface area (Å²) in [5, 5.41) is 4.87. The van der Waals surface area contributed by atoms with E-state index in [0.29, 0.717) is 0 Å². The highest BCUT2D eigenvalue weighted by Gasteiger charge is 2.32. The van der Waals surface area contributed by atoms with Crippen LogP contribution < -0.4 is 5.73 Å². The molecule has 0 aliphatic carbocycles. The van der Waals surface area contributed by atoms with Crippen LogP contribution in [-0.2, 0) is 6.54 Å². The SMILES string of the molecule is CC1(CN)CCN(Cc2cc(-c3ccc(Cl)cc3)no2)C1. The molecule has 0 radical (unpaired) electrons. The van der Waals surface area contributed by atoms with Gasteiger partial charge >= 0.3 is 0 Å². The smallest absolute Gasteiger partial charge is 0.151 e. The van der Waals surface area contributed by atoms with Gasteiger partial charge in [-0.15, -0.1) is 0 Å². The molecule has 4 nitrogen and oxygen atoms in total. The van der Waals surface area contributed by atoms with E-state index in [2.05, 4.69) is 17.0 Å². The van der Waals surface area contributed by atoms with Gasteiger partial charge in [0, 0.05) is 23.2 Å². The molecule has 1 aliphatic heterocycles. The highest BCUT2D eigenvalue weighted by atomic mass is 35.5. The number of rotatable bonds is 4. The van der Waals surface area contributed by atoms with Crippen LogP contribution in [0.1, 0.15) is 19.1 Å². The summed E-state index contributed by atoms with van der Waals surface area (Å²) in [6.45, 7) is 5.84. The Bertz CT molecular complexity index is 610. The number of hydrogen-bond donors (Lipinski definition) is 1. The van der Waals surface area contributed by atoms with E-state index in [1.54, 1.807) is 0 Å². The zero-order chi connectivity index (χ0) is 14.9. The van der Waals surface area contributed by atoms with Gasteiger partial charge in [-0.2, -0.15) is 0 Å². The molecule has 2 heterocycles. The summed E-state index contributed by atoms with van der Waals surface area (Å²) in [5.41, 5.74) is 7.94. The average Bonchev–Trinajstić information content (AvgIpc) is 3.08. The largest absolute Gasteiger partial charge is 0.359 e. The van der Waals surface area contributed by atoms with Crippen LogP contribution in [0.25, 0.3) is 11.3 Å². The third-order valence-electron chi connectivity index (χ3n) is 4.21. The van der Waals surface area contributed by atoms with Crippen molar-refractivity contribution < 1.29 is 4.52 Å². The van der Waals surface area contributed by atoms with Gasteiger partial charge in [0.2, 0.25) is 0 Å². The van der Waals surface area contributed by atoms with Crippen LogP contribution in [0.5, 0.6) is 0 Å². The van der Waals surface area contributed by atoms with Crippen molar-refractivity contribution in [2.24, 2.45) is 11.1 Å². The van der Waals surface area contributed by atoms with Crippen molar-refractivity contribution >= 4 is 11.6 Å². The van der Waals surface area contributed by atoms with Crippen LogP contribution in [0, 0.1) is 5.41 Å². The minimum absolute atomic E-state index is 0.235. The van der Waals surface area contributed by atoms with E-state index in [-0.39, 0.29) is 5.41 Å². The van der Waals surface area contributed by atoms with E-state index >= 15 is 0 Å². The van der Waals surface area contributed by atoms with Crippen LogP contribution in [0.4, 0.5) is 0 Å². The van der Waals surface area contributed by atoms with Gasteiger partial charge in [0.1, 0.15) is 5.69 Å². The molecule has 0 amide bonds. The van der Waals surface area contributed by atoms with E-state index in [1.165, 1.54) is 0 Å². The minimum atomic E-state index is 0.235. The van der Waals surface area contributed by atoms with Crippen LogP contribution in [-0.4, -0.2) is 29.7 Å². The number of hydrogen-bond acceptors (Lipinski definition) is 4. The fourth-order valence-electron chi connectivity index (χ4n) is 2.79. The Morgan fingerprint density at radius 1 is 1.38 bits per heavy atom. The van der Waals surface area contributed by atoms with E-state index in [1.807, 2.05) is 30.3 Å². The lowest BCUT2D eigenvalue weighted by Crippen LogP contribution is -2.31. The first-order valence-corrected chi connectivity index (χ1v) is 7.60. The molecule has 1 fully saturated rings. The molecule has 1 atom stereocenters. The second-order valence-corrected chi connectivity index (χ2v) is 6.60. The molecule has 0 spiro atoms. The summed E-state index contributed by atoms with van der Waals surface area (Å²) in [4.78, 5) is 2.37. The Balaban J connectivity index is 1.67. The maximum atomic E-state index is 5.90. The van der Waals surface area contributed by atoms with Crippen molar-refractivity contribution in [1.29, 1.82) is 0 Å². The Hall–Kier alpha value is -1.36. The van der Waals surface area contributed by atoms with E-state index < -0.39 is 0 Å². The molecule has 1 aliphatic rings. The van der Waals surface area contributed by atoms with Crippen molar-refractivity contribution in [3.05, 3.63) is 41.1 Å². The Kier molecular flexibility index (Phi) is 4.02. The number of likely N-dealkylation sites (tertiary alicyclic amines) is 1. The second-order valence-electron chi connectivity index (χ2n) is 6.16. The molecular weight excluding hydrogens is 286 g/mol. The monoisotopic (exact) mass is 305 g/mol. The summed E-state index contributed by atoms with van der Waals surface area (Å²) in [6, 6.07) is 9.62. The lowest BCUT2D eigenvalue weighted by molar-refractivity contribution is 0.243. The first-order valence-electron chi connectivity index (χ1n) is 7.22. The zero-order valence-corrected chi connectivity index (χ0v) is 12.9. The molecule has 5 heteroatoms. The van der Waals surface area contributed by atoms with Crippen molar-refractivity contribution in [1.82, 2.24) is 10.1 Å². The molecule has 1 unspecified atom stereocenters. The number of benzene rings is 1. The van der Waals surface area contributed by atoms with Crippen LogP contribution in [0.3, 0.4) is 0 Å². The van der Waals surface area contributed by atoms with Crippen molar-refractivity contribution in [3.63, 3.8) is 0 Å². The van der Waals surface area contributed by atoms with Crippen LogP contribution >= 0.6 is 11.6 Å². The van der Waals surface area contributed by atoms with E-state index in [0.717, 1.165) is 54.6 Å². The first-order chi connectivity index (χ1) is 10.1. The standard InChI is InChI=1S/C16H20ClN3O/c1-16(10-18)6-7-20(11-16)9-14-8-15(19-21-14)12-2-4-13(17)5-3-12/h2-5,8H,6-7,9-11,18H2,1H3.